The Kier molecular flexibility index (Phi) is 7.05. The zero-order chi connectivity index (χ0) is 27.1. The highest BCUT2D eigenvalue weighted by Gasteiger charge is 2.25. The third kappa shape index (κ3) is 5.20. The number of rotatable bonds is 6. The van der Waals surface area contributed by atoms with E-state index in [2.05, 4.69) is 24.3 Å². The molecule has 192 valence electrons. The Bertz CT molecular complexity index is 1410. The first kappa shape index (κ1) is 26.3. The van der Waals surface area contributed by atoms with Crippen LogP contribution >= 0.6 is 0 Å². The van der Waals surface area contributed by atoms with Gasteiger partial charge in [-0.15, -0.1) is 0 Å². The normalized spacial score (nSPS) is 12.5. The van der Waals surface area contributed by atoms with Gasteiger partial charge >= 0.3 is 0 Å². The van der Waals surface area contributed by atoms with Gasteiger partial charge in [-0.25, -0.2) is 4.39 Å². The highest BCUT2D eigenvalue weighted by Crippen LogP contribution is 2.37. The minimum atomic E-state index is -0.625. The molecule has 37 heavy (non-hydrogen) atoms. The summed E-state index contributed by atoms with van der Waals surface area (Å²) < 4.78 is 14.1. The Morgan fingerprint density at radius 1 is 0.649 bits per heavy atom. The molecule has 4 aromatic carbocycles. The lowest BCUT2D eigenvalue weighted by atomic mass is 9.76. The molecule has 0 amide bonds. The molecule has 0 spiro atoms. The van der Waals surface area contributed by atoms with Gasteiger partial charge in [-0.1, -0.05) is 68.4 Å². The average molecular weight is 499 g/mol. The van der Waals surface area contributed by atoms with Crippen molar-refractivity contribution < 1.29 is 19.7 Å². The lowest BCUT2D eigenvalue weighted by molar-refractivity contribution is 0.430. The number of phenolic OH excluding ortho intramolecular Hbond substituents is 3. The molecule has 0 radical (unpaired) electrons. The summed E-state index contributed by atoms with van der Waals surface area (Å²) in [6.07, 6.45) is 0.734. The van der Waals surface area contributed by atoms with Gasteiger partial charge in [0.1, 0.15) is 11.5 Å². The number of hydrogen-bond acceptors (Lipinski definition) is 3. The first-order valence-electron chi connectivity index (χ1n) is 12.6. The highest BCUT2D eigenvalue weighted by molar-refractivity contribution is 5.49. The van der Waals surface area contributed by atoms with Crippen LogP contribution in [0.2, 0.25) is 0 Å². The fraction of sp³-hybridized carbons (Fsp3) is 0.273. The van der Waals surface area contributed by atoms with Gasteiger partial charge in [-0.2, -0.15) is 0 Å². The molecule has 0 aliphatic rings. The standard InChI is InChI=1S/C33H35FO3/c1-19-13-23(14-20(2)31(19)36)17-28(25-15-21(3)32(37)22(4)16-25)24-7-9-26(10-8-24)33(5,6)27-11-12-30(35)29(34)18-27/h7-16,18,28,35-37H,17H2,1-6H3. The minimum absolute atomic E-state index is 0.0321. The second-order valence-electron chi connectivity index (χ2n) is 10.8. The highest BCUT2D eigenvalue weighted by atomic mass is 19.1. The van der Waals surface area contributed by atoms with E-state index in [4.69, 9.17) is 0 Å². The molecular weight excluding hydrogens is 463 g/mol. The molecule has 0 bridgehead atoms. The fourth-order valence-corrected chi connectivity index (χ4v) is 5.21. The molecule has 0 aliphatic heterocycles. The van der Waals surface area contributed by atoms with E-state index in [1.54, 1.807) is 6.07 Å². The number of aromatic hydroxyl groups is 3. The average Bonchev–Trinajstić information content (AvgIpc) is 2.85. The van der Waals surface area contributed by atoms with Crippen LogP contribution in [0.4, 0.5) is 4.39 Å². The Labute approximate surface area is 218 Å². The molecule has 4 aromatic rings. The molecule has 0 fully saturated rings. The molecule has 0 aromatic heterocycles. The molecule has 4 heteroatoms. The van der Waals surface area contributed by atoms with Gasteiger partial charge in [0.25, 0.3) is 0 Å². The Morgan fingerprint density at radius 3 is 1.65 bits per heavy atom. The van der Waals surface area contributed by atoms with E-state index in [9.17, 15) is 19.7 Å². The minimum Gasteiger partial charge on any atom is -0.507 e. The van der Waals surface area contributed by atoms with Gasteiger partial charge in [0.05, 0.1) is 0 Å². The van der Waals surface area contributed by atoms with Gasteiger partial charge < -0.3 is 15.3 Å². The van der Waals surface area contributed by atoms with Gasteiger partial charge in [-0.3, -0.25) is 0 Å². The van der Waals surface area contributed by atoms with Crippen LogP contribution in [0.3, 0.4) is 0 Å². The summed E-state index contributed by atoms with van der Waals surface area (Å²) in [7, 11) is 0. The van der Waals surface area contributed by atoms with Crippen LogP contribution in [0.5, 0.6) is 17.2 Å². The molecule has 3 N–H and O–H groups in total. The van der Waals surface area contributed by atoms with Crippen molar-refractivity contribution in [2.75, 3.05) is 0 Å². The third-order valence-corrected chi connectivity index (χ3v) is 7.61. The Hall–Kier alpha value is -3.79. The molecule has 0 heterocycles. The summed E-state index contributed by atoms with van der Waals surface area (Å²) in [4.78, 5) is 0. The largest absolute Gasteiger partial charge is 0.507 e. The maximum atomic E-state index is 14.1. The maximum absolute atomic E-state index is 14.1. The van der Waals surface area contributed by atoms with Crippen LogP contribution in [0.15, 0.2) is 66.7 Å². The van der Waals surface area contributed by atoms with Crippen LogP contribution in [0.1, 0.15) is 69.8 Å². The first-order chi connectivity index (χ1) is 17.4. The van der Waals surface area contributed by atoms with Gasteiger partial charge in [0.2, 0.25) is 0 Å². The predicted octanol–water partition coefficient (Wildman–Crippen LogP) is 7.88. The maximum Gasteiger partial charge on any atom is 0.165 e. The first-order valence-corrected chi connectivity index (χ1v) is 12.6. The third-order valence-electron chi connectivity index (χ3n) is 7.61. The lowest BCUT2D eigenvalue weighted by Crippen LogP contribution is -2.19. The van der Waals surface area contributed by atoms with E-state index < -0.39 is 11.2 Å². The van der Waals surface area contributed by atoms with Crippen LogP contribution < -0.4 is 0 Å². The fourth-order valence-electron chi connectivity index (χ4n) is 5.21. The summed E-state index contributed by atoms with van der Waals surface area (Å²) in [5.74, 6) is -0.299. The molecule has 1 atom stereocenters. The quantitative estimate of drug-likeness (QED) is 0.253. The molecule has 0 aliphatic carbocycles. The van der Waals surface area contributed by atoms with E-state index in [0.29, 0.717) is 11.5 Å². The van der Waals surface area contributed by atoms with E-state index in [1.165, 1.54) is 12.1 Å². The smallest absolute Gasteiger partial charge is 0.165 e. The molecule has 0 saturated heterocycles. The van der Waals surface area contributed by atoms with Crippen molar-refractivity contribution in [2.24, 2.45) is 0 Å². The molecule has 3 nitrogen and oxygen atoms in total. The summed E-state index contributed by atoms with van der Waals surface area (Å²) in [5.41, 5.74) is 8.12. The number of hydrogen-bond donors (Lipinski definition) is 3. The number of benzene rings is 4. The number of halogens is 1. The SMILES string of the molecule is Cc1cc(CC(c2ccc(C(C)(C)c3ccc(O)c(F)c3)cc2)c2cc(C)c(O)c(C)c2)cc(C)c1O. The Balaban J connectivity index is 1.76. The summed E-state index contributed by atoms with van der Waals surface area (Å²) in [6.45, 7) is 11.7. The van der Waals surface area contributed by atoms with Crippen molar-refractivity contribution in [3.63, 3.8) is 0 Å². The van der Waals surface area contributed by atoms with Crippen molar-refractivity contribution >= 4 is 0 Å². The second kappa shape index (κ2) is 9.93. The van der Waals surface area contributed by atoms with Crippen LogP contribution in [-0.4, -0.2) is 15.3 Å². The zero-order valence-corrected chi connectivity index (χ0v) is 22.4. The van der Waals surface area contributed by atoms with Crippen molar-refractivity contribution in [1.29, 1.82) is 0 Å². The molecule has 4 rings (SSSR count). The Morgan fingerprint density at radius 2 is 1.14 bits per heavy atom. The van der Waals surface area contributed by atoms with E-state index >= 15 is 0 Å². The number of aryl methyl sites for hydroxylation is 4. The number of phenols is 3. The summed E-state index contributed by atoms with van der Waals surface area (Å²) >= 11 is 0. The molecule has 1 unspecified atom stereocenters. The van der Waals surface area contributed by atoms with Crippen LogP contribution in [0.25, 0.3) is 0 Å². The van der Waals surface area contributed by atoms with Crippen molar-refractivity contribution in [3.05, 3.63) is 123 Å². The van der Waals surface area contributed by atoms with Gasteiger partial charge in [-0.05, 0) is 96.3 Å². The van der Waals surface area contributed by atoms with Crippen LogP contribution in [0, 0.1) is 33.5 Å². The monoisotopic (exact) mass is 498 g/mol. The lowest BCUT2D eigenvalue weighted by Gasteiger charge is -2.27. The van der Waals surface area contributed by atoms with Gasteiger partial charge in [0, 0.05) is 11.3 Å². The van der Waals surface area contributed by atoms with Crippen LogP contribution in [-0.2, 0) is 11.8 Å². The second-order valence-corrected chi connectivity index (χ2v) is 10.8. The summed E-state index contributed by atoms with van der Waals surface area (Å²) in [6, 6.07) is 21.1. The van der Waals surface area contributed by atoms with E-state index in [1.807, 2.05) is 65.8 Å². The van der Waals surface area contributed by atoms with Crippen molar-refractivity contribution in [2.45, 2.75) is 59.3 Å². The summed E-state index contributed by atoms with van der Waals surface area (Å²) in [5, 5.41) is 30.3. The topological polar surface area (TPSA) is 60.7 Å². The van der Waals surface area contributed by atoms with Gasteiger partial charge in [0.15, 0.2) is 11.6 Å². The van der Waals surface area contributed by atoms with Crippen molar-refractivity contribution in [1.82, 2.24) is 0 Å². The molecular formula is C33H35FO3. The van der Waals surface area contributed by atoms with E-state index in [-0.39, 0.29) is 11.7 Å². The molecule has 0 saturated carbocycles. The predicted molar refractivity (Wildman–Crippen MR) is 147 cm³/mol. The van der Waals surface area contributed by atoms with E-state index in [0.717, 1.165) is 56.5 Å². The zero-order valence-electron chi connectivity index (χ0n) is 22.4. The van der Waals surface area contributed by atoms with Crippen molar-refractivity contribution in [3.8, 4) is 17.2 Å².